The second-order valence-corrected chi connectivity index (χ2v) is 5.04. The first-order valence-corrected chi connectivity index (χ1v) is 7.73. The van der Waals surface area contributed by atoms with Crippen molar-refractivity contribution in [3.8, 4) is 0 Å². The SMILES string of the molecule is C=C[C@H](O)C[C@H](c1ccccc1)C(C(=O)OCC)C(=O)OCC. The Morgan fingerprint density at radius 1 is 1.13 bits per heavy atom. The molecule has 0 heterocycles. The molecule has 0 amide bonds. The Morgan fingerprint density at radius 2 is 1.65 bits per heavy atom. The van der Waals surface area contributed by atoms with Crippen molar-refractivity contribution in [2.75, 3.05) is 13.2 Å². The molecule has 2 atom stereocenters. The van der Waals surface area contributed by atoms with Crippen molar-refractivity contribution in [3.63, 3.8) is 0 Å². The van der Waals surface area contributed by atoms with Gasteiger partial charge in [-0.05, 0) is 25.8 Å². The monoisotopic (exact) mass is 320 g/mol. The molecule has 5 heteroatoms. The number of carbonyl (C=O) groups excluding carboxylic acids is 2. The van der Waals surface area contributed by atoms with E-state index in [1.807, 2.05) is 30.3 Å². The third kappa shape index (κ3) is 5.53. The van der Waals surface area contributed by atoms with Gasteiger partial charge in [-0.1, -0.05) is 36.4 Å². The van der Waals surface area contributed by atoms with Gasteiger partial charge in [0.25, 0.3) is 0 Å². The summed E-state index contributed by atoms with van der Waals surface area (Å²) in [5.74, 6) is -2.96. The van der Waals surface area contributed by atoms with E-state index in [1.165, 1.54) is 6.08 Å². The molecule has 0 radical (unpaired) electrons. The maximum atomic E-state index is 12.3. The number of rotatable bonds is 9. The van der Waals surface area contributed by atoms with Crippen LogP contribution in [0.15, 0.2) is 43.0 Å². The second kappa shape index (κ2) is 9.79. The molecule has 0 aliphatic heterocycles. The molecule has 0 spiro atoms. The zero-order chi connectivity index (χ0) is 17.2. The molecule has 0 aromatic heterocycles. The number of aliphatic hydroxyl groups excluding tert-OH is 1. The normalized spacial score (nSPS) is 13.2. The minimum atomic E-state index is -1.12. The number of carbonyl (C=O) groups is 2. The highest BCUT2D eigenvalue weighted by molar-refractivity contribution is 5.96. The van der Waals surface area contributed by atoms with Crippen molar-refractivity contribution in [2.45, 2.75) is 32.3 Å². The fourth-order valence-electron chi connectivity index (χ4n) is 2.41. The van der Waals surface area contributed by atoms with Crippen LogP contribution in [0.3, 0.4) is 0 Å². The summed E-state index contributed by atoms with van der Waals surface area (Å²) in [6.07, 6.45) is 0.714. The summed E-state index contributed by atoms with van der Waals surface area (Å²) in [4.78, 5) is 24.6. The summed E-state index contributed by atoms with van der Waals surface area (Å²) >= 11 is 0. The smallest absolute Gasteiger partial charge is 0.320 e. The molecular formula is C18H24O5. The van der Waals surface area contributed by atoms with Gasteiger partial charge in [-0.15, -0.1) is 6.58 Å². The van der Waals surface area contributed by atoms with Crippen LogP contribution in [0.4, 0.5) is 0 Å². The summed E-state index contributed by atoms with van der Waals surface area (Å²) in [6.45, 7) is 7.23. The van der Waals surface area contributed by atoms with E-state index in [2.05, 4.69) is 6.58 Å². The van der Waals surface area contributed by atoms with Gasteiger partial charge in [0.15, 0.2) is 5.92 Å². The molecular weight excluding hydrogens is 296 g/mol. The predicted molar refractivity (Wildman–Crippen MR) is 86.8 cm³/mol. The van der Waals surface area contributed by atoms with Crippen molar-refractivity contribution in [1.29, 1.82) is 0 Å². The van der Waals surface area contributed by atoms with E-state index in [4.69, 9.17) is 9.47 Å². The Kier molecular flexibility index (Phi) is 8.05. The fraction of sp³-hybridized carbons (Fsp3) is 0.444. The van der Waals surface area contributed by atoms with E-state index >= 15 is 0 Å². The number of ether oxygens (including phenoxy) is 2. The van der Waals surface area contributed by atoms with E-state index < -0.39 is 29.9 Å². The lowest BCUT2D eigenvalue weighted by Crippen LogP contribution is -2.35. The van der Waals surface area contributed by atoms with Gasteiger partial charge < -0.3 is 14.6 Å². The van der Waals surface area contributed by atoms with Crippen LogP contribution in [-0.2, 0) is 19.1 Å². The number of esters is 2. The van der Waals surface area contributed by atoms with Crippen LogP contribution in [0.1, 0.15) is 31.7 Å². The lowest BCUT2D eigenvalue weighted by molar-refractivity contribution is -0.163. The Balaban J connectivity index is 3.21. The molecule has 1 rings (SSSR count). The summed E-state index contributed by atoms with van der Waals surface area (Å²) in [5, 5.41) is 9.94. The highest BCUT2D eigenvalue weighted by atomic mass is 16.6. The first kappa shape index (κ1) is 18.9. The van der Waals surface area contributed by atoms with Crippen molar-refractivity contribution in [3.05, 3.63) is 48.6 Å². The summed E-state index contributed by atoms with van der Waals surface area (Å²) in [6, 6.07) is 9.10. The topological polar surface area (TPSA) is 72.8 Å². The molecule has 0 aliphatic rings. The predicted octanol–water partition coefficient (Wildman–Crippen LogP) is 2.45. The van der Waals surface area contributed by atoms with Crippen LogP contribution >= 0.6 is 0 Å². The summed E-state index contributed by atoms with van der Waals surface area (Å²) in [5.41, 5.74) is 0.763. The van der Waals surface area contributed by atoms with E-state index in [9.17, 15) is 14.7 Å². The average molecular weight is 320 g/mol. The third-order valence-corrected chi connectivity index (χ3v) is 3.48. The second-order valence-electron chi connectivity index (χ2n) is 5.04. The van der Waals surface area contributed by atoms with Crippen molar-refractivity contribution >= 4 is 11.9 Å². The minimum absolute atomic E-state index is 0.167. The standard InChI is InChI=1S/C18H24O5/c1-4-14(19)12-15(13-10-8-7-9-11-13)16(17(20)22-5-2)18(21)23-6-3/h4,7-11,14-16,19H,1,5-6,12H2,2-3H3/t14-,15+/m0/s1. The molecule has 1 aromatic carbocycles. The van der Waals surface area contributed by atoms with Crippen LogP contribution < -0.4 is 0 Å². The first-order chi connectivity index (χ1) is 11.0. The Morgan fingerprint density at radius 3 is 2.09 bits per heavy atom. The Labute approximate surface area is 136 Å². The number of benzene rings is 1. The molecule has 126 valence electrons. The van der Waals surface area contributed by atoms with Gasteiger partial charge in [-0.25, -0.2) is 0 Å². The molecule has 5 nitrogen and oxygen atoms in total. The number of hydrogen-bond acceptors (Lipinski definition) is 5. The molecule has 1 aromatic rings. The van der Waals surface area contributed by atoms with Gasteiger partial charge in [0.1, 0.15) is 0 Å². The van der Waals surface area contributed by atoms with Gasteiger partial charge in [0.05, 0.1) is 19.3 Å². The van der Waals surface area contributed by atoms with Gasteiger partial charge in [-0.3, -0.25) is 9.59 Å². The molecule has 0 saturated heterocycles. The zero-order valence-electron chi connectivity index (χ0n) is 13.6. The molecule has 0 aliphatic carbocycles. The molecule has 1 N–H and O–H groups in total. The van der Waals surface area contributed by atoms with E-state index in [0.717, 1.165) is 5.56 Å². The Hall–Kier alpha value is -2.14. The maximum absolute atomic E-state index is 12.3. The van der Waals surface area contributed by atoms with Crippen molar-refractivity contribution in [2.24, 2.45) is 5.92 Å². The molecule has 23 heavy (non-hydrogen) atoms. The fourth-order valence-corrected chi connectivity index (χ4v) is 2.41. The van der Waals surface area contributed by atoms with Gasteiger partial charge in [0.2, 0.25) is 0 Å². The van der Waals surface area contributed by atoms with Gasteiger partial charge in [0, 0.05) is 5.92 Å². The van der Waals surface area contributed by atoms with Crippen molar-refractivity contribution < 1.29 is 24.2 Å². The van der Waals surface area contributed by atoms with Crippen LogP contribution in [0, 0.1) is 5.92 Å². The molecule has 0 unspecified atom stereocenters. The summed E-state index contributed by atoms with van der Waals surface area (Å²) < 4.78 is 10.1. The minimum Gasteiger partial charge on any atom is -0.465 e. The van der Waals surface area contributed by atoms with Crippen LogP contribution in [0.5, 0.6) is 0 Å². The number of aliphatic hydroxyl groups is 1. The number of hydrogen-bond donors (Lipinski definition) is 1. The van der Waals surface area contributed by atoms with Gasteiger partial charge >= 0.3 is 11.9 Å². The average Bonchev–Trinajstić information content (AvgIpc) is 2.55. The first-order valence-electron chi connectivity index (χ1n) is 7.73. The van der Waals surface area contributed by atoms with Gasteiger partial charge in [-0.2, -0.15) is 0 Å². The Bertz CT molecular complexity index is 493. The van der Waals surface area contributed by atoms with Crippen LogP contribution in [-0.4, -0.2) is 36.4 Å². The maximum Gasteiger partial charge on any atom is 0.320 e. The quantitative estimate of drug-likeness (QED) is 0.430. The van der Waals surface area contributed by atoms with E-state index in [0.29, 0.717) is 0 Å². The lowest BCUT2D eigenvalue weighted by Gasteiger charge is -2.25. The van der Waals surface area contributed by atoms with E-state index in [-0.39, 0.29) is 19.6 Å². The van der Waals surface area contributed by atoms with Crippen molar-refractivity contribution in [1.82, 2.24) is 0 Å². The van der Waals surface area contributed by atoms with Crippen LogP contribution in [0.25, 0.3) is 0 Å². The molecule has 0 bridgehead atoms. The van der Waals surface area contributed by atoms with E-state index in [1.54, 1.807) is 13.8 Å². The summed E-state index contributed by atoms with van der Waals surface area (Å²) in [7, 11) is 0. The highest BCUT2D eigenvalue weighted by Crippen LogP contribution is 2.32. The lowest BCUT2D eigenvalue weighted by atomic mass is 9.82. The molecule has 0 fully saturated rings. The van der Waals surface area contributed by atoms with Crippen LogP contribution in [0.2, 0.25) is 0 Å². The zero-order valence-corrected chi connectivity index (χ0v) is 13.6. The highest BCUT2D eigenvalue weighted by Gasteiger charge is 2.39. The molecule has 0 saturated carbocycles. The largest absolute Gasteiger partial charge is 0.465 e. The third-order valence-electron chi connectivity index (χ3n) is 3.48.